The number of pyridine rings is 1. The highest BCUT2D eigenvalue weighted by Gasteiger charge is 2.15. The number of rotatable bonds is 8. The van der Waals surface area contributed by atoms with Gasteiger partial charge in [-0.3, -0.25) is 14.9 Å². The first-order valence-electron chi connectivity index (χ1n) is 6.45. The van der Waals surface area contributed by atoms with E-state index in [0.29, 0.717) is 18.8 Å². The van der Waals surface area contributed by atoms with Crippen LogP contribution in [0.2, 0.25) is 0 Å². The van der Waals surface area contributed by atoms with Crippen LogP contribution in [0.1, 0.15) is 31.9 Å². The second-order valence-electron chi connectivity index (χ2n) is 4.69. The summed E-state index contributed by atoms with van der Waals surface area (Å²) in [4.78, 5) is 24.3. The molecule has 1 atom stereocenters. The van der Waals surface area contributed by atoms with Gasteiger partial charge in [0.2, 0.25) is 5.69 Å². The Hall–Kier alpha value is -2.69. The molecule has 0 saturated carbocycles. The van der Waals surface area contributed by atoms with E-state index in [2.05, 4.69) is 10.3 Å². The minimum atomic E-state index is -0.814. The highest BCUT2D eigenvalue weighted by Crippen LogP contribution is 2.18. The molecule has 0 aliphatic carbocycles. The van der Waals surface area contributed by atoms with Crippen LogP contribution in [0, 0.1) is 27.4 Å². The zero-order valence-electron chi connectivity index (χ0n) is 11.6. The van der Waals surface area contributed by atoms with Gasteiger partial charge in [-0.1, -0.05) is 6.92 Å². The maximum Gasteiger partial charge on any atom is 0.305 e. The van der Waals surface area contributed by atoms with Crippen LogP contribution in [0.5, 0.6) is 0 Å². The number of nitro groups is 1. The van der Waals surface area contributed by atoms with E-state index in [0.717, 1.165) is 6.42 Å². The molecule has 112 valence electrons. The van der Waals surface area contributed by atoms with Crippen LogP contribution in [0.4, 0.5) is 11.5 Å². The van der Waals surface area contributed by atoms with Crippen LogP contribution < -0.4 is 5.32 Å². The molecule has 0 aliphatic heterocycles. The molecule has 0 saturated heterocycles. The fourth-order valence-electron chi connectivity index (χ4n) is 1.74. The minimum absolute atomic E-state index is 0.134. The van der Waals surface area contributed by atoms with Crippen molar-refractivity contribution in [3.8, 4) is 6.07 Å². The lowest BCUT2D eigenvalue weighted by atomic mass is 10.0. The van der Waals surface area contributed by atoms with Crippen molar-refractivity contribution in [1.29, 1.82) is 5.26 Å². The molecule has 0 fully saturated rings. The van der Waals surface area contributed by atoms with E-state index in [4.69, 9.17) is 10.4 Å². The fourth-order valence-corrected chi connectivity index (χ4v) is 1.74. The highest BCUT2D eigenvalue weighted by molar-refractivity contribution is 5.66. The van der Waals surface area contributed by atoms with Crippen molar-refractivity contribution in [3.05, 3.63) is 27.9 Å². The Bertz CT molecular complexity index is 568. The van der Waals surface area contributed by atoms with E-state index < -0.39 is 10.9 Å². The minimum Gasteiger partial charge on any atom is -0.481 e. The first-order chi connectivity index (χ1) is 9.93. The van der Waals surface area contributed by atoms with Crippen molar-refractivity contribution < 1.29 is 14.8 Å². The molecule has 1 heterocycles. The van der Waals surface area contributed by atoms with E-state index in [1.54, 1.807) is 6.07 Å². The second kappa shape index (κ2) is 7.79. The van der Waals surface area contributed by atoms with Crippen LogP contribution in [0.3, 0.4) is 0 Å². The maximum absolute atomic E-state index is 10.7. The number of nitrogens with one attached hydrogen (secondary N) is 1. The molecule has 1 unspecified atom stereocenters. The number of carboxylic acids is 1. The normalized spacial score (nSPS) is 11.4. The quantitative estimate of drug-likeness (QED) is 0.554. The second-order valence-corrected chi connectivity index (χ2v) is 4.69. The van der Waals surface area contributed by atoms with E-state index >= 15 is 0 Å². The van der Waals surface area contributed by atoms with Gasteiger partial charge in [0.25, 0.3) is 0 Å². The Morgan fingerprint density at radius 1 is 1.57 bits per heavy atom. The van der Waals surface area contributed by atoms with Gasteiger partial charge in [-0.05, 0) is 24.8 Å². The monoisotopic (exact) mass is 292 g/mol. The number of carboxylic acid groups (broad SMARTS) is 1. The summed E-state index contributed by atoms with van der Waals surface area (Å²) < 4.78 is 0. The number of anilines is 1. The number of aromatic nitrogens is 1. The highest BCUT2D eigenvalue weighted by atomic mass is 16.6. The predicted molar refractivity (Wildman–Crippen MR) is 74.7 cm³/mol. The molecule has 1 rings (SSSR count). The third-order valence-electron chi connectivity index (χ3n) is 2.97. The first kappa shape index (κ1) is 16.4. The summed E-state index contributed by atoms with van der Waals surface area (Å²) in [5.41, 5.74) is -0.554. The molecule has 1 aromatic heterocycles. The van der Waals surface area contributed by atoms with Crippen molar-refractivity contribution in [2.75, 3.05) is 11.9 Å². The average Bonchev–Trinajstić information content (AvgIpc) is 2.44. The van der Waals surface area contributed by atoms with E-state index in [9.17, 15) is 14.9 Å². The Labute approximate surface area is 121 Å². The van der Waals surface area contributed by atoms with Crippen molar-refractivity contribution >= 4 is 17.5 Å². The number of hydrogen-bond acceptors (Lipinski definition) is 6. The molecule has 2 N–H and O–H groups in total. The van der Waals surface area contributed by atoms with Crippen LogP contribution in [-0.2, 0) is 4.79 Å². The van der Waals surface area contributed by atoms with Crippen LogP contribution >= 0.6 is 0 Å². The molecule has 0 amide bonds. The Morgan fingerprint density at radius 2 is 2.29 bits per heavy atom. The van der Waals surface area contributed by atoms with Gasteiger partial charge < -0.3 is 10.4 Å². The van der Waals surface area contributed by atoms with Gasteiger partial charge >= 0.3 is 11.7 Å². The average molecular weight is 292 g/mol. The third kappa shape index (κ3) is 5.44. The van der Waals surface area contributed by atoms with E-state index in [1.807, 2.05) is 6.92 Å². The standard InChI is InChI=1S/C13H16N4O4/c1-9(2-5-13(18)19)6-7-15-12-4-3-11(17(20)21)10(8-14)16-12/h3-4,9H,2,5-7H2,1H3,(H,15,16)(H,18,19). The summed E-state index contributed by atoms with van der Waals surface area (Å²) in [7, 11) is 0. The van der Waals surface area contributed by atoms with Gasteiger partial charge in [-0.15, -0.1) is 0 Å². The lowest BCUT2D eigenvalue weighted by Crippen LogP contribution is -2.10. The molecule has 21 heavy (non-hydrogen) atoms. The van der Waals surface area contributed by atoms with E-state index in [1.165, 1.54) is 12.1 Å². The molecule has 0 bridgehead atoms. The van der Waals surface area contributed by atoms with Gasteiger partial charge in [0, 0.05) is 19.0 Å². The fraction of sp³-hybridized carbons (Fsp3) is 0.462. The summed E-state index contributed by atoms with van der Waals surface area (Å²) in [5.74, 6) is -0.185. The third-order valence-corrected chi connectivity index (χ3v) is 2.97. The lowest BCUT2D eigenvalue weighted by molar-refractivity contribution is -0.385. The topological polar surface area (TPSA) is 129 Å². The largest absolute Gasteiger partial charge is 0.481 e. The molecule has 0 spiro atoms. The van der Waals surface area contributed by atoms with Crippen LogP contribution in [0.15, 0.2) is 12.1 Å². The van der Waals surface area contributed by atoms with Gasteiger partial charge in [0.1, 0.15) is 11.9 Å². The zero-order valence-corrected chi connectivity index (χ0v) is 11.6. The van der Waals surface area contributed by atoms with Crippen LogP contribution in [-0.4, -0.2) is 27.5 Å². The molecule has 8 nitrogen and oxygen atoms in total. The maximum atomic E-state index is 10.7. The van der Waals surface area contributed by atoms with Crippen LogP contribution in [0.25, 0.3) is 0 Å². The molecular formula is C13H16N4O4. The van der Waals surface area contributed by atoms with Gasteiger partial charge in [-0.2, -0.15) is 5.26 Å². The summed E-state index contributed by atoms with van der Waals surface area (Å²) in [6.45, 7) is 2.51. The van der Waals surface area contributed by atoms with Crippen molar-refractivity contribution in [2.45, 2.75) is 26.2 Å². The molecule has 0 aromatic carbocycles. The Morgan fingerprint density at radius 3 is 2.86 bits per heavy atom. The zero-order chi connectivity index (χ0) is 15.8. The molecular weight excluding hydrogens is 276 g/mol. The Kier molecular flexibility index (Phi) is 6.07. The first-order valence-corrected chi connectivity index (χ1v) is 6.45. The summed E-state index contributed by atoms with van der Waals surface area (Å²) in [6.07, 6.45) is 1.47. The van der Waals surface area contributed by atoms with Gasteiger partial charge in [-0.25, -0.2) is 4.98 Å². The molecule has 0 radical (unpaired) electrons. The van der Waals surface area contributed by atoms with E-state index in [-0.39, 0.29) is 23.7 Å². The number of nitrogens with zero attached hydrogens (tertiary/aromatic N) is 3. The van der Waals surface area contributed by atoms with Crippen molar-refractivity contribution in [2.24, 2.45) is 5.92 Å². The van der Waals surface area contributed by atoms with Crippen molar-refractivity contribution in [1.82, 2.24) is 4.98 Å². The van der Waals surface area contributed by atoms with Crippen molar-refractivity contribution in [3.63, 3.8) is 0 Å². The number of nitriles is 1. The summed E-state index contributed by atoms with van der Waals surface area (Å²) >= 11 is 0. The number of aliphatic carboxylic acids is 1. The summed E-state index contributed by atoms with van der Waals surface area (Å²) in [6, 6.07) is 4.37. The lowest BCUT2D eigenvalue weighted by Gasteiger charge is -2.11. The molecule has 0 aliphatic rings. The predicted octanol–water partition coefficient (Wildman–Crippen LogP) is 2.16. The summed E-state index contributed by atoms with van der Waals surface area (Å²) in [5, 5.41) is 31.1. The number of carbonyl (C=O) groups is 1. The molecule has 1 aromatic rings. The van der Waals surface area contributed by atoms with Gasteiger partial charge in [0.05, 0.1) is 4.92 Å². The molecule has 8 heteroatoms. The smallest absolute Gasteiger partial charge is 0.305 e. The van der Waals surface area contributed by atoms with Gasteiger partial charge in [0.15, 0.2) is 0 Å². The Balaban J connectivity index is 2.51. The number of hydrogen-bond donors (Lipinski definition) is 2. The SMILES string of the molecule is CC(CCNc1ccc([N+](=O)[O-])c(C#N)n1)CCC(=O)O.